The highest BCUT2D eigenvalue weighted by atomic mass is 32.2. The third-order valence-electron chi connectivity index (χ3n) is 10.6. The van der Waals surface area contributed by atoms with Crippen molar-refractivity contribution in [3.8, 4) is 23.4 Å². The zero-order chi connectivity index (χ0) is 37.3. The molecule has 0 bridgehead atoms. The Balaban J connectivity index is 1.23. The molecule has 0 aliphatic carbocycles. The van der Waals surface area contributed by atoms with Crippen LogP contribution in [0.5, 0.6) is 17.4 Å². The van der Waals surface area contributed by atoms with Gasteiger partial charge in [-0.15, -0.1) is 0 Å². The summed E-state index contributed by atoms with van der Waals surface area (Å²) in [5.41, 5.74) is -1.82. The number of methoxy groups -OCH3 is 2. The number of urea groups is 1. The summed E-state index contributed by atoms with van der Waals surface area (Å²) in [6.45, 7) is 8.07. The van der Waals surface area contributed by atoms with E-state index in [1.807, 2.05) is 0 Å². The minimum absolute atomic E-state index is 0.0304. The number of nitriles is 1. The number of anilines is 1. The van der Waals surface area contributed by atoms with Crippen molar-refractivity contribution >= 4 is 27.6 Å². The van der Waals surface area contributed by atoms with Crippen LogP contribution in [0.15, 0.2) is 59.6 Å². The lowest BCUT2D eigenvalue weighted by Crippen LogP contribution is -2.67. The molecule has 0 radical (unpaired) electrons. The first-order chi connectivity index (χ1) is 25.7. The van der Waals surface area contributed by atoms with Crippen molar-refractivity contribution in [3.05, 3.63) is 71.4 Å². The number of nitrogens with one attached hydrogen (secondary N) is 1. The van der Waals surface area contributed by atoms with Crippen molar-refractivity contribution in [2.24, 2.45) is 0 Å². The highest BCUT2D eigenvalue weighted by Gasteiger charge is 2.59. The summed E-state index contributed by atoms with van der Waals surface area (Å²) in [6, 6.07) is 13.7. The molecule has 2 aromatic carbocycles. The number of nitrogens with zero attached hydrogens (tertiary/aromatic N) is 6. The van der Waals surface area contributed by atoms with Gasteiger partial charge in [0.1, 0.15) is 16.4 Å². The highest BCUT2D eigenvalue weighted by Crippen LogP contribution is 2.50. The molecule has 5 heterocycles. The summed E-state index contributed by atoms with van der Waals surface area (Å²) in [7, 11) is -1.95. The second kappa shape index (κ2) is 14.8. The van der Waals surface area contributed by atoms with Gasteiger partial charge in [0.2, 0.25) is 5.88 Å². The summed E-state index contributed by atoms with van der Waals surface area (Å²) in [5, 5.41) is 12.9. The van der Waals surface area contributed by atoms with Crippen molar-refractivity contribution in [1.29, 1.82) is 5.26 Å². The molecule has 3 amide bonds. The maximum absolute atomic E-state index is 15.2. The molecule has 53 heavy (non-hydrogen) atoms. The highest BCUT2D eigenvalue weighted by molar-refractivity contribution is 7.93. The average molecular weight is 746 g/mol. The van der Waals surface area contributed by atoms with Crippen LogP contribution in [0.25, 0.3) is 0 Å². The van der Waals surface area contributed by atoms with Crippen molar-refractivity contribution in [1.82, 2.24) is 25.0 Å². The fraction of sp³-hybridized carbons (Fsp3) is 0.459. The van der Waals surface area contributed by atoms with E-state index in [1.165, 1.54) is 56.8 Å². The van der Waals surface area contributed by atoms with Gasteiger partial charge in [0.15, 0.2) is 5.54 Å². The molecule has 1 N–H and O–H groups in total. The minimum atomic E-state index is -4.70. The lowest BCUT2D eigenvalue weighted by atomic mass is 9.83. The van der Waals surface area contributed by atoms with Gasteiger partial charge in [0.05, 0.1) is 56.9 Å². The molecule has 1 aromatic heterocycles. The fourth-order valence-corrected chi connectivity index (χ4v) is 9.42. The lowest BCUT2D eigenvalue weighted by molar-refractivity contribution is -0.121. The van der Waals surface area contributed by atoms with Crippen LogP contribution < -0.4 is 23.8 Å². The average Bonchev–Trinajstić information content (AvgIpc) is 3.42. The van der Waals surface area contributed by atoms with Crippen LogP contribution in [-0.2, 0) is 25.1 Å². The standard InChI is InChI=1S/C37H43N7O8S/c1-4-52-34-29(6-5-13-39-34)37(40-36(46)43-23-27(24-43)41-14-11-26(12-15-41)42-16-18-51-19-17-42)30-20-25(22-38)7-9-31(30)44(35(37)45)53(47,48)33-10-8-28(49-2)21-32(33)50-3/h5-10,13,20-21,26-27H,4,11-12,14-19,23-24H2,1-3H3,(H,40,46). The van der Waals surface area contributed by atoms with E-state index in [0.29, 0.717) is 29.2 Å². The summed E-state index contributed by atoms with van der Waals surface area (Å²) in [5.74, 6) is -0.668. The number of ether oxygens (including phenoxy) is 4. The van der Waals surface area contributed by atoms with E-state index in [2.05, 4.69) is 26.2 Å². The minimum Gasteiger partial charge on any atom is -0.497 e. The van der Waals surface area contributed by atoms with E-state index in [9.17, 15) is 18.5 Å². The fourth-order valence-electron chi connectivity index (χ4n) is 7.81. The van der Waals surface area contributed by atoms with Crippen molar-refractivity contribution in [2.45, 2.75) is 42.3 Å². The molecule has 3 aromatic rings. The third-order valence-corrected chi connectivity index (χ3v) is 12.4. The van der Waals surface area contributed by atoms with E-state index in [-0.39, 0.29) is 51.6 Å². The summed E-state index contributed by atoms with van der Waals surface area (Å²) < 4.78 is 52.0. The number of pyridine rings is 1. The number of rotatable bonds is 10. The Bertz CT molecular complexity index is 2020. The Morgan fingerprint density at radius 1 is 1.00 bits per heavy atom. The van der Waals surface area contributed by atoms with Crippen LogP contribution in [0.3, 0.4) is 0 Å². The summed E-state index contributed by atoms with van der Waals surface area (Å²) in [6.07, 6.45) is 3.57. The molecule has 15 nitrogen and oxygen atoms in total. The van der Waals surface area contributed by atoms with E-state index in [1.54, 1.807) is 24.0 Å². The molecule has 1 atom stereocenters. The molecule has 3 saturated heterocycles. The molecule has 0 saturated carbocycles. The zero-order valence-corrected chi connectivity index (χ0v) is 30.8. The van der Waals surface area contributed by atoms with Crippen molar-refractivity contribution < 1.29 is 37.0 Å². The topological polar surface area (TPSA) is 167 Å². The number of hydrogen-bond acceptors (Lipinski definition) is 12. The predicted molar refractivity (Wildman–Crippen MR) is 192 cm³/mol. The molecule has 4 aliphatic heterocycles. The van der Waals surface area contributed by atoms with Gasteiger partial charge >= 0.3 is 6.03 Å². The van der Waals surface area contributed by atoms with Crippen molar-refractivity contribution in [3.63, 3.8) is 0 Å². The Morgan fingerprint density at radius 2 is 1.74 bits per heavy atom. The van der Waals surface area contributed by atoms with E-state index in [0.717, 1.165) is 52.2 Å². The molecular weight excluding hydrogens is 703 g/mol. The Labute approximate surface area is 309 Å². The number of hydrogen-bond donors (Lipinski definition) is 1. The second-order valence-corrected chi connectivity index (χ2v) is 15.1. The smallest absolute Gasteiger partial charge is 0.318 e. The van der Waals surface area contributed by atoms with E-state index in [4.69, 9.17) is 18.9 Å². The van der Waals surface area contributed by atoms with Gasteiger partial charge in [0, 0.05) is 69.2 Å². The van der Waals surface area contributed by atoms with Crippen LogP contribution >= 0.6 is 0 Å². The molecule has 4 aliphatic rings. The molecule has 16 heteroatoms. The van der Waals surface area contributed by atoms with Crippen LogP contribution in [0.2, 0.25) is 0 Å². The third kappa shape index (κ3) is 6.41. The van der Waals surface area contributed by atoms with E-state index < -0.39 is 27.5 Å². The van der Waals surface area contributed by atoms with Gasteiger partial charge in [-0.3, -0.25) is 14.6 Å². The number of benzene rings is 2. The molecular formula is C37H43N7O8S. The van der Waals surface area contributed by atoms with Gasteiger partial charge in [-0.05, 0) is 62.2 Å². The number of aromatic nitrogens is 1. The largest absolute Gasteiger partial charge is 0.497 e. The number of morpholine rings is 1. The van der Waals surface area contributed by atoms with Crippen molar-refractivity contribution in [2.75, 3.05) is 77.6 Å². The SMILES string of the molecule is CCOc1ncccc1C1(NC(=O)N2CC(N3CCC(N4CCOCC4)CC3)C2)C(=O)N(S(=O)(=O)c2ccc(OC)cc2OC)c2ccc(C#N)cc21. The number of likely N-dealkylation sites (tertiary alicyclic amines) is 2. The Hall–Kier alpha value is -4.95. The van der Waals surface area contributed by atoms with Crippen LogP contribution in [0.4, 0.5) is 10.5 Å². The molecule has 3 fully saturated rings. The summed E-state index contributed by atoms with van der Waals surface area (Å²) in [4.78, 5) is 40.1. The van der Waals surface area contributed by atoms with Gasteiger partial charge in [0.25, 0.3) is 15.9 Å². The normalized spacial score (nSPS) is 21.4. The quantitative estimate of drug-likeness (QED) is 0.323. The Kier molecular flexibility index (Phi) is 10.2. The second-order valence-electron chi connectivity index (χ2n) is 13.4. The number of piperidine rings is 1. The monoisotopic (exact) mass is 745 g/mol. The van der Waals surface area contributed by atoms with E-state index >= 15 is 4.79 Å². The van der Waals surface area contributed by atoms with Gasteiger partial charge in [-0.2, -0.15) is 9.57 Å². The molecule has 1 unspecified atom stereocenters. The number of fused-ring (bicyclic) bond motifs is 1. The van der Waals surface area contributed by atoms with Gasteiger partial charge < -0.3 is 29.2 Å². The first-order valence-corrected chi connectivity index (χ1v) is 19.2. The number of carbonyl (C=O) groups is 2. The lowest BCUT2D eigenvalue weighted by Gasteiger charge is -2.49. The zero-order valence-electron chi connectivity index (χ0n) is 30.0. The number of carbonyl (C=O) groups excluding carboxylic acids is 2. The summed E-state index contributed by atoms with van der Waals surface area (Å²) >= 11 is 0. The maximum atomic E-state index is 15.2. The van der Waals surface area contributed by atoms with Crippen LogP contribution in [-0.4, -0.2) is 125 Å². The molecule has 0 spiro atoms. The first kappa shape index (κ1) is 36.4. The van der Waals surface area contributed by atoms with Crippen LogP contribution in [0, 0.1) is 11.3 Å². The molecule has 280 valence electrons. The maximum Gasteiger partial charge on any atom is 0.318 e. The van der Waals surface area contributed by atoms with Gasteiger partial charge in [-0.1, -0.05) is 0 Å². The Morgan fingerprint density at radius 3 is 2.42 bits per heavy atom. The first-order valence-electron chi connectivity index (χ1n) is 17.7. The predicted octanol–water partition coefficient (Wildman–Crippen LogP) is 2.54. The number of sulfonamides is 1. The van der Waals surface area contributed by atoms with Crippen LogP contribution in [0.1, 0.15) is 36.5 Å². The number of amides is 3. The molecule has 7 rings (SSSR count). The van der Waals surface area contributed by atoms with Gasteiger partial charge in [-0.25, -0.2) is 18.2 Å².